The number of anilines is 1. The molecule has 2 aromatic heterocycles. The SMILES string of the molecule is CCCc1cccc(-c2c(Cc3cncn3C)c(=O)n(C)c3ccc(N)c(-c4ccc(Cl)cc4)c23)c1. The van der Waals surface area contributed by atoms with E-state index in [1.54, 1.807) is 10.9 Å². The molecule has 0 aliphatic carbocycles. The molecule has 0 saturated heterocycles. The van der Waals surface area contributed by atoms with E-state index in [1.807, 2.05) is 61.3 Å². The van der Waals surface area contributed by atoms with Crippen molar-refractivity contribution < 1.29 is 0 Å². The van der Waals surface area contributed by atoms with Crippen LogP contribution in [0.3, 0.4) is 0 Å². The molecule has 0 saturated carbocycles. The van der Waals surface area contributed by atoms with Gasteiger partial charge in [-0.3, -0.25) is 4.79 Å². The maximum atomic E-state index is 13.9. The number of aromatic nitrogens is 3. The molecule has 0 spiro atoms. The van der Waals surface area contributed by atoms with E-state index in [-0.39, 0.29) is 5.56 Å². The Morgan fingerprint density at radius 3 is 2.44 bits per heavy atom. The van der Waals surface area contributed by atoms with E-state index >= 15 is 0 Å². The molecule has 5 rings (SSSR count). The van der Waals surface area contributed by atoms with Gasteiger partial charge in [0.25, 0.3) is 5.56 Å². The lowest BCUT2D eigenvalue weighted by Gasteiger charge is -2.21. The first kappa shape index (κ1) is 23.9. The highest BCUT2D eigenvalue weighted by atomic mass is 35.5. The second-order valence-electron chi connectivity index (χ2n) is 9.27. The van der Waals surface area contributed by atoms with Gasteiger partial charge in [0.1, 0.15) is 0 Å². The zero-order valence-electron chi connectivity index (χ0n) is 20.8. The molecular formula is C30H29ClN4O. The molecular weight excluding hydrogens is 468 g/mol. The molecule has 0 atom stereocenters. The van der Waals surface area contributed by atoms with Crippen LogP contribution in [0.25, 0.3) is 33.2 Å². The van der Waals surface area contributed by atoms with Crippen molar-refractivity contribution in [3.8, 4) is 22.3 Å². The summed E-state index contributed by atoms with van der Waals surface area (Å²) in [6.45, 7) is 2.17. The highest BCUT2D eigenvalue weighted by molar-refractivity contribution is 6.30. The lowest BCUT2D eigenvalue weighted by Crippen LogP contribution is -2.24. The first-order valence-electron chi connectivity index (χ1n) is 12.1. The third kappa shape index (κ3) is 4.20. The number of imidazole rings is 1. The number of nitrogens with zero attached hydrogens (tertiary/aromatic N) is 3. The average Bonchev–Trinajstić information content (AvgIpc) is 3.28. The zero-order chi connectivity index (χ0) is 25.4. The van der Waals surface area contributed by atoms with Crippen molar-refractivity contribution >= 4 is 28.2 Å². The molecule has 0 unspecified atom stereocenters. The third-order valence-electron chi connectivity index (χ3n) is 6.85. The maximum absolute atomic E-state index is 13.9. The molecule has 36 heavy (non-hydrogen) atoms. The van der Waals surface area contributed by atoms with Crippen LogP contribution in [-0.4, -0.2) is 14.1 Å². The zero-order valence-corrected chi connectivity index (χ0v) is 21.5. The van der Waals surface area contributed by atoms with Gasteiger partial charge in [0.05, 0.1) is 11.8 Å². The predicted molar refractivity (Wildman–Crippen MR) is 149 cm³/mol. The number of rotatable bonds is 6. The number of aryl methyl sites for hydroxylation is 3. The van der Waals surface area contributed by atoms with Crippen molar-refractivity contribution in [2.75, 3.05) is 5.73 Å². The standard InChI is InChI=1S/C30H29ClN4O/c1-4-6-19-7-5-8-21(15-19)27-24(16-23-17-33-18-34(23)2)30(36)35(3)26-14-13-25(32)28(29(26)27)20-9-11-22(31)12-10-20/h5,7-15,17-18H,4,6,16,32H2,1-3H3. The molecule has 3 aromatic carbocycles. The second kappa shape index (κ2) is 9.67. The van der Waals surface area contributed by atoms with Crippen molar-refractivity contribution in [1.82, 2.24) is 14.1 Å². The van der Waals surface area contributed by atoms with Crippen molar-refractivity contribution in [3.05, 3.63) is 105 Å². The number of pyridine rings is 1. The summed E-state index contributed by atoms with van der Waals surface area (Å²) in [5.74, 6) is 0. The molecule has 2 heterocycles. The molecule has 2 N–H and O–H groups in total. The van der Waals surface area contributed by atoms with E-state index in [0.29, 0.717) is 17.1 Å². The number of benzene rings is 3. The number of nitrogen functional groups attached to an aromatic ring is 1. The lowest BCUT2D eigenvalue weighted by molar-refractivity contribution is 0.827. The summed E-state index contributed by atoms with van der Waals surface area (Å²) in [6, 6.07) is 20.0. The highest BCUT2D eigenvalue weighted by Crippen LogP contribution is 2.41. The molecule has 5 aromatic rings. The van der Waals surface area contributed by atoms with E-state index in [2.05, 4.69) is 36.2 Å². The van der Waals surface area contributed by atoms with E-state index in [9.17, 15) is 4.79 Å². The van der Waals surface area contributed by atoms with Crippen LogP contribution in [0.2, 0.25) is 5.02 Å². The van der Waals surface area contributed by atoms with Gasteiger partial charge in [-0.15, -0.1) is 0 Å². The first-order valence-corrected chi connectivity index (χ1v) is 12.5. The normalized spacial score (nSPS) is 11.3. The van der Waals surface area contributed by atoms with Gasteiger partial charge in [-0.25, -0.2) is 4.98 Å². The van der Waals surface area contributed by atoms with Crippen molar-refractivity contribution in [1.29, 1.82) is 0 Å². The minimum absolute atomic E-state index is 0.0218. The van der Waals surface area contributed by atoms with E-state index < -0.39 is 0 Å². The Labute approximate surface area is 215 Å². The van der Waals surface area contributed by atoms with Crippen molar-refractivity contribution in [3.63, 3.8) is 0 Å². The summed E-state index contributed by atoms with van der Waals surface area (Å²) in [4.78, 5) is 18.2. The van der Waals surface area contributed by atoms with Crippen LogP contribution in [0.15, 0.2) is 78.0 Å². The van der Waals surface area contributed by atoms with Gasteiger partial charge < -0.3 is 14.9 Å². The van der Waals surface area contributed by atoms with Gasteiger partial charge in [-0.1, -0.05) is 61.3 Å². The summed E-state index contributed by atoms with van der Waals surface area (Å²) < 4.78 is 3.69. The smallest absolute Gasteiger partial charge is 0.255 e. The Morgan fingerprint density at radius 2 is 1.75 bits per heavy atom. The fourth-order valence-corrected chi connectivity index (χ4v) is 5.15. The minimum atomic E-state index is -0.0218. The van der Waals surface area contributed by atoms with Crippen LogP contribution in [-0.2, 0) is 26.9 Å². The number of halogens is 1. The van der Waals surface area contributed by atoms with E-state index in [0.717, 1.165) is 57.3 Å². The van der Waals surface area contributed by atoms with Crippen molar-refractivity contribution in [2.45, 2.75) is 26.2 Å². The molecule has 0 aliphatic rings. The van der Waals surface area contributed by atoms with Crippen molar-refractivity contribution in [2.24, 2.45) is 14.1 Å². The summed E-state index contributed by atoms with van der Waals surface area (Å²) >= 11 is 6.21. The van der Waals surface area contributed by atoms with Gasteiger partial charge in [0.2, 0.25) is 0 Å². The molecule has 5 nitrogen and oxygen atoms in total. The Kier molecular flexibility index (Phi) is 6.42. The van der Waals surface area contributed by atoms with Crippen LogP contribution in [0.5, 0.6) is 0 Å². The lowest BCUT2D eigenvalue weighted by atomic mass is 9.87. The summed E-state index contributed by atoms with van der Waals surface area (Å²) in [6.07, 6.45) is 6.06. The van der Waals surface area contributed by atoms with Crippen LogP contribution in [0.4, 0.5) is 5.69 Å². The molecule has 0 bridgehead atoms. The Balaban J connectivity index is 1.94. The average molecular weight is 497 g/mol. The van der Waals surface area contributed by atoms with Crippen LogP contribution < -0.4 is 11.3 Å². The van der Waals surface area contributed by atoms with E-state index in [4.69, 9.17) is 17.3 Å². The van der Waals surface area contributed by atoms with Crippen LogP contribution in [0, 0.1) is 0 Å². The van der Waals surface area contributed by atoms with Crippen LogP contribution in [0.1, 0.15) is 30.2 Å². The number of fused-ring (bicyclic) bond motifs is 1. The summed E-state index contributed by atoms with van der Waals surface area (Å²) in [7, 11) is 3.78. The van der Waals surface area contributed by atoms with Gasteiger partial charge >= 0.3 is 0 Å². The fourth-order valence-electron chi connectivity index (χ4n) is 5.03. The fraction of sp³-hybridized carbons (Fsp3) is 0.200. The molecule has 0 amide bonds. The van der Waals surface area contributed by atoms with Crippen LogP contribution >= 0.6 is 11.6 Å². The minimum Gasteiger partial charge on any atom is -0.398 e. The Hall–Kier alpha value is -3.83. The molecule has 0 aliphatic heterocycles. The van der Waals surface area contributed by atoms with Gasteiger partial charge in [-0.2, -0.15) is 0 Å². The van der Waals surface area contributed by atoms with Gasteiger partial charge in [0, 0.05) is 65.2 Å². The topological polar surface area (TPSA) is 65.8 Å². The Morgan fingerprint density at radius 1 is 0.972 bits per heavy atom. The summed E-state index contributed by atoms with van der Waals surface area (Å²) in [5, 5.41) is 1.62. The number of hydrogen-bond acceptors (Lipinski definition) is 3. The van der Waals surface area contributed by atoms with Gasteiger partial charge in [0.15, 0.2) is 0 Å². The first-order chi connectivity index (χ1) is 17.4. The summed E-state index contributed by atoms with van der Waals surface area (Å²) in [5.41, 5.74) is 14.8. The monoisotopic (exact) mass is 496 g/mol. The Bertz CT molecular complexity index is 1630. The molecule has 182 valence electrons. The largest absolute Gasteiger partial charge is 0.398 e. The quantitative estimate of drug-likeness (QED) is 0.277. The number of nitrogens with two attached hydrogens (primary N) is 1. The van der Waals surface area contributed by atoms with Gasteiger partial charge in [-0.05, 0) is 47.4 Å². The maximum Gasteiger partial charge on any atom is 0.255 e. The molecule has 6 heteroatoms. The van der Waals surface area contributed by atoms with E-state index in [1.165, 1.54) is 5.56 Å². The third-order valence-corrected chi connectivity index (χ3v) is 7.11. The number of hydrogen-bond donors (Lipinski definition) is 1. The highest BCUT2D eigenvalue weighted by Gasteiger charge is 2.22. The predicted octanol–water partition coefficient (Wildman–Crippen LogP) is 6.38. The second-order valence-corrected chi connectivity index (χ2v) is 9.71. The molecule has 0 fully saturated rings. The molecule has 0 radical (unpaired) electrons.